The molecule has 5 heteroatoms. The number of ether oxygens (including phenoxy) is 1. The third kappa shape index (κ3) is 2.53. The first-order valence-electron chi connectivity index (χ1n) is 7.18. The van der Waals surface area contributed by atoms with Gasteiger partial charge in [-0.15, -0.1) is 0 Å². The van der Waals surface area contributed by atoms with Crippen LogP contribution in [0.1, 0.15) is 39.7 Å². The largest absolute Gasteiger partial charge is 0.376 e. The summed E-state index contributed by atoms with van der Waals surface area (Å²) in [5, 5.41) is 0. The second kappa shape index (κ2) is 5.54. The quantitative estimate of drug-likeness (QED) is 0.607. The molecule has 1 aromatic carbocycles. The molecule has 2 amide bonds. The molecule has 112 valence electrons. The number of hydrogen-bond acceptors (Lipinski definition) is 3. The zero-order chi connectivity index (χ0) is 15.1. The number of hydrogen-bond donors (Lipinski definition) is 0. The van der Waals surface area contributed by atoms with Crippen LogP contribution in [0.15, 0.2) is 18.2 Å². The zero-order valence-corrected chi connectivity index (χ0v) is 13.7. The molecule has 0 aromatic heterocycles. The van der Waals surface area contributed by atoms with Crippen LogP contribution in [0.4, 0.5) is 0 Å². The number of fused-ring (bicyclic) bond motifs is 1. The number of likely N-dealkylation sites (N-methyl/N-ethyl adjacent to an activating group) is 1. The van der Waals surface area contributed by atoms with E-state index >= 15 is 0 Å². The SMILES string of the molecule is CC1CCOC1C(Br)c1ccc2c(c1)C(=O)N(C)C(=O)C2. The summed E-state index contributed by atoms with van der Waals surface area (Å²) in [6.07, 6.45) is 1.48. The highest BCUT2D eigenvalue weighted by Gasteiger charge is 2.33. The summed E-state index contributed by atoms with van der Waals surface area (Å²) in [6.45, 7) is 2.97. The van der Waals surface area contributed by atoms with Gasteiger partial charge in [0.05, 0.1) is 17.4 Å². The summed E-state index contributed by atoms with van der Waals surface area (Å²) in [4.78, 5) is 25.2. The van der Waals surface area contributed by atoms with Crippen molar-refractivity contribution in [3.8, 4) is 0 Å². The third-order valence-electron chi connectivity index (χ3n) is 4.44. The molecule has 3 unspecified atom stereocenters. The van der Waals surface area contributed by atoms with E-state index in [1.807, 2.05) is 18.2 Å². The van der Waals surface area contributed by atoms with E-state index in [0.29, 0.717) is 17.9 Å². The van der Waals surface area contributed by atoms with E-state index in [0.717, 1.165) is 24.2 Å². The fourth-order valence-electron chi connectivity index (χ4n) is 2.98. The van der Waals surface area contributed by atoms with Crippen LogP contribution in [0.25, 0.3) is 0 Å². The number of nitrogens with zero attached hydrogens (tertiary/aromatic N) is 1. The van der Waals surface area contributed by atoms with Crippen LogP contribution in [-0.4, -0.2) is 36.5 Å². The Morgan fingerprint density at radius 2 is 2.14 bits per heavy atom. The lowest BCUT2D eigenvalue weighted by Gasteiger charge is -2.26. The lowest BCUT2D eigenvalue weighted by molar-refractivity contribution is -0.127. The minimum atomic E-state index is -0.219. The number of rotatable bonds is 2. The summed E-state index contributed by atoms with van der Waals surface area (Å²) in [6, 6.07) is 5.77. The van der Waals surface area contributed by atoms with Crippen LogP contribution in [0.5, 0.6) is 0 Å². The maximum absolute atomic E-state index is 12.2. The summed E-state index contributed by atoms with van der Waals surface area (Å²) >= 11 is 3.71. The smallest absolute Gasteiger partial charge is 0.260 e. The second-order valence-corrected chi connectivity index (χ2v) is 6.84. The van der Waals surface area contributed by atoms with Crippen molar-refractivity contribution in [3.63, 3.8) is 0 Å². The van der Waals surface area contributed by atoms with Gasteiger partial charge in [-0.2, -0.15) is 0 Å². The minimum absolute atomic E-state index is 0.0658. The first-order valence-corrected chi connectivity index (χ1v) is 8.10. The Kier molecular flexibility index (Phi) is 3.88. The van der Waals surface area contributed by atoms with Gasteiger partial charge in [0.15, 0.2) is 0 Å². The minimum Gasteiger partial charge on any atom is -0.376 e. The van der Waals surface area contributed by atoms with Gasteiger partial charge in [-0.1, -0.05) is 35.0 Å². The molecule has 3 rings (SSSR count). The molecule has 3 atom stereocenters. The Hall–Kier alpha value is -1.20. The lowest BCUT2D eigenvalue weighted by Crippen LogP contribution is -2.39. The van der Waals surface area contributed by atoms with Gasteiger partial charge in [0.1, 0.15) is 0 Å². The molecule has 0 spiro atoms. The van der Waals surface area contributed by atoms with Crippen molar-refractivity contribution < 1.29 is 14.3 Å². The highest BCUT2D eigenvalue weighted by molar-refractivity contribution is 9.09. The average molecular weight is 352 g/mol. The van der Waals surface area contributed by atoms with Crippen LogP contribution in [-0.2, 0) is 16.0 Å². The average Bonchev–Trinajstić information content (AvgIpc) is 2.90. The van der Waals surface area contributed by atoms with Gasteiger partial charge in [-0.3, -0.25) is 14.5 Å². The van der Waals surface area contributed by atoms with Gasteiger partial charge in [0.25, 0.3) is 5.91 Å². The molecule has 21 heavy (non-hydrogen) atoms. The molecule has 2 heterocycles. The number of imide groups is 1. The maximum Gasteiger partial charge on any atom is 0.260 e. The molecule has 1 aromatic rings. The van der Waals surface area contributed by atoms with Crippen molar-refractivity contribution in [2.24, 2.45) is 5.92 Å². The number of amides is 2. The summed E-state index contributed by atoms with van der Waals surface area (Å²) in [7, 11) is 1.54. The summed E-state index contributed by atoms with van der Waals surface area (Å²) in [5.41, 5.74) is 2.47. The van der Waals surface area contributed by atoms with Gasteiger partial charge in [0.2, 0.25) is 5.91 Å². The Balaban J connectivity index is 1.92. The molecule has 0 radical (unpaired) electrons. The van der Waals surface area contributed by atoms with Crippen LogP contribution >= 0.6 is 15.9 Å². The molecule has 2 aliphatic heterocycles. The number of benzene rings is 1. The third-order valence-corrected chi connectivity index (χ3v) is 5.49. The normalized spacial score (nSPS) is 26.9. The van der Waals surface area contributed by atoms with Gasteiger partial charge in [-0.25, -0.2) is 0 Å². The lowest BCUT2D eigenvalue weighted by atomic mass is 9.92. The molecular weight excluding hydrogens is 334 g/mol. The fraction of sp³-hybridized carbons (Fsp3) is 0.500. The summed E-state index contributed by atoms with van der Waals surface area (Å²) < 4.78 is 5.79. The van der Waals surface area contributed by atoms with Gasteiger partial charge in [-0.05, 0) is 29.5 Å². The van der Waals surface area contributed by atoms with E-state index in [1.54, 1.807) is 0 Å². The predicted molar refractivity (Wildman–Crippen MR) is 82.4 cm³/mol. The number of alkyl halides is 1. The van der Waals surface area contributed by atoms with Crippen LogP contribution in [0.2, 0.25) is 0 Å². The molecule has 0 aliphatic carbocycles. The van der Waals surface area contributed by atoms with E-state index in [1.165, 1.54) is 11.9 Å². The topological polar surface area (TPSA) is 46.6 Å². The highest BCUT2D eigenvalue weighted by atomic mass is 79.9. The zero-order valence-electron chi connectivity index (χ0n) is 12.1. The molecule has 1 saturated heterocycles. The van der Waals surface area contributed by atoms with Gasteiger partial charge < -0.3 is 4.74 Å². The Bertz CT molecular complexity index is 601. The first kappa shape index (κ1) is 14.7. The van der Waals surface area contributed by atoms with Crippen LogP contribution in [0.3, 0.4) is 0 Å². The van der Waals surface area contributed by atoms with Gasteiger partial charge in [0, 0.05) is 19.2 Å². The first-order chi connectivity index (χ1) is 9.99. The van der Waals surface area contributed by atoms with Crippen molar-refractivity contribution in [2.75, 3.05) is 13.7 Å². The Labute approximate surface area is 132 Å². The van der Waals surface area contributed by atoms with Crippen molar-refractivity contribution in [2.45, 2.75) is 30.7 Å². The molecular formula is C16H18BrNO3. The molecule has 0 bridgehead atoms. The Morgan fingerprint density at radius 3 is 2.81 bits per heavy atom. The van der Waals surface area contributed by atoms with Crippen molar-refractivity contribution in [1.29, 1.82) is 0 Å². The Morgan fingerprint density at radius 1 is 1.38 bits per heavy atom. The molecule has 0 saturated carbocycles. The van der Waals surface area contributed by atoms with Crippen LogP contribution < -0.4 is 0 Å². The highest BCUT2D eigenvalue weighted by Crippen LogP contribution is 2.38. The number of halogens is 1. The van der Waals surface area contributed by atoms with Gasteiger partial charge >= 0.3 is 0 Å². The maximum atomic E-state index is 12.2. The number of carbonyl (C=O) groups excluding carboxylic acids is 2. The second-order valence-electron chi connectivity index (χ2n) is 5.85. The van der Waals surface area contributed by atoms with E-state index in [2.05, 4.69) is 22.9 Å². The van der Waals surface area contributed by atoms with E-state index < -0.39 is 0 Å². The molecule has 1 fully saturated rings. The number of carbonyl (C=O) groups is 2. The monoisotopic (exact) mass is 351 g/mol. The van der Waals surface area contributed by atoms with Crippen molar-refractivity contribution in [3.05, 3.63) is 34.9 Å². The summed E-state index contributed by atoms with van der Waals surface area (Å²) in [5.74, 6) is 0.122. The predicted octanol–water partition coefficient (Wildman–Crippen LogP) is 2.70. The fourth-order valence-corrected chi connectivity index (χ4v) is 3.93. The van der Waals surface area contributed by atoms with E-state index in [4.69, 9.17) is 4.74 Å². The standard InChI is InChI=1S/C16H18BrNO3/c1-9-5-6-21-15(9)14(17)11-4-3-10-8-13(19)18(2)16(20)12(10)7-11/h3-4,7,9,14-15H,5-6,8H2,1-2H3. The van der Waals surface area contributed by atoms with E-state index in [-0.39, 0.29) is 22.7 Å². The van der Waals surface area contributed by atoms with Crippen LogP contribution in [0, 0.1) is 5.92 Å². The molecule has 4 nitrogen and oxygen atoms in total. The van der Waals surface area contributed by atoms with E-state index in [9.17, 15) is 9.59 Å². The molecule has 2 aliphatic rings. The molecule has 0 N–H and O–H groups in total. The van der Waals surface area contributed by atoms with Crippen molar-refractivity contribution in [1.82, 2.24) is 4.90 Å². The van der Waals surface area contributed by atoms with Crippen molar-refractivity contribution >= 4 is 27.7 Å².